The molecule has 140 valence electrons. The molecular weight excluding hydrogens is 326 g/mol. The second-order valence-electron chi connectivity index (χ2n) is 7.12. The first kappa shape index (κ1) is 19.8. The maximum absolute atomic E-state index is 13.0. The fourth-order valence-corrected chi connectivity index (χ4v) is 2.69. The molecule has 0 radical (unpaired) electrons. The smallest absolute Gasteiger partial charge is 0.258 e. The molecule has 4 heteroatoms. The van der Waals surface area contributed by atoms with Crippen molar-refractivity contribution in [1.29, 1.82) is 0 Å². The summed E-state index contributed by atoms with van der Waals surface area (Å²) in [6.45, 7) is 12.0. The number of benzene rings is 2. The van der Waals surface area contributed by atoms with E-state index >= 15 is 0 Å². The van der Waals surface area contributed by atoms with Crippen molar-refractivity contribution in [3.05, 3.63) is 54.1 Å². The number of carbonyl (C=O) groups excluding carboxylic acids is 1. The summed E-state index contributed by atoms with van der Waals surface area (Å²) in [7, 11) is 0. The van der Waals surface area contributed by atoms with Gasteiger partial charge in [0.25, 0.3) is 5.91 Å². The first-order valence-electron chi connectivity index (χ1n) is 9.15. The number of hydrogen-bond donors (Lipinski definition) is 0. The Hall–Kier alpha value is -2.49. The van der Waals surface area contributed by atoms with Crippen LogP contribution in [-0.2, 0) is 0 Å². The first-order chi connectivity index (χ1) is 12.3. The maximum atomic E-state index is 13.0. The lowest BCUT2D eigenvalue weighted by molar-refractivity contribution is 0.0980. The molecule has 4 nitrogen and oxygen atoms in total. The van der Waals surface area contributed by atoms with E-state index in [1.54, 1.807) is 4.90 Å². The number of anilines is 1. The average Bonchev–Trinajstić information content (AvgIpc) is 2.56. The Morgan fingerprint density at radius 3 is 1.54 bits per heavy atom. The van der Waals surface area contributed by atoms with Crippen LogP contribution < -0.4 is 14.4 Å². The molecule has 26 heavy (non-hydrogen) atoms. The number of nitrogens with zero attached hydrogens (tertiary/aromatic N) is 1. The first-order valence-corrected chi connectivity index (χ1v) is 9.15. The lowest BCUT2D eigenvalue weighted by Gasteiger charge is -2.27. The summed E-state index contributed by atoms with van der Waals surface area (Å²) >= 11 is 0. The fourth-order valence-electron chi connectivity index (χ4n) is 2.69. The van der Waals surface area contributed by atoms with Crippen LogP contribution in [0.2, 0.25) is 0 Å². The summed E-state index contributed by atoms with van der Waals surface area (Å²) in [5, 5.41) is 0. The third-order valence-electron chi connectivity index (χ3n) is 3.69. The summed E-state index contributed by atoms with van der Waals surface area (Å²) in [6.07, 6.45) is 0.227. The van der Waals surface area contributed by atoms with E-state index < -0.39 is 0 Å². The van der Waals surface area contributed by atoms with Crippen molar-refractivity contribution in [1.82, 2.24) is 0 Å². The standard InChI is InChI=1S/C22H29NO3/c1-15(2)23(19-9-13-21(14-10-19)26-17(5)6)22(24)18-7-11-20(12-8-18)25-16(3)4/h7-17H,1-6H3. The topological polar surface area (TPSA) is 38.8 Å². The van der Waals surface area contributed by atoms with Crippen LogP contribution in [0.4, 0.5) is 5.69 Å². The Morgan fingerprint density at radius 1 is 0.731 bits per heavy atom. The minimum Gasteiger partial charge on any atom is -0.491 e. The molecule has 0 bridgehead atoms. The van der Waals surface area contributed by atoms with Gasteiger partial charge in [-0.15, -0.1) is 0 Å². The van der Waals surface area contributed by atoms with E-state index in [2.05, 4.69) is 0 Å². The van der Waals surface area contributed by atoms with Crippen LogP contribution in [-0.4, -0.2) is 24.2 Å². The highest BCUT2D eigenvalue weighted by molar-refractivity contribution is 6.06. The van der Waals surface area contributed by atoms with E-state index in [4.69, 9.17) is 9.47 Å². The predicted octanol–water partition coefficient (Wildman–Crippen LogP) is 5.32. The molecule has 0 heterocycles. The number of ether oxygens (including phenoxy) is 2. The summed E-state index contributed by atoms with van der Waals surface area (Å²) in [5.41, 5.74) is 1.49. The number of rotatable bonds is 7. The molecule has 2 aromatic carbocycles. The lowest BCUT2D eigenvalue weighted by Crippen LogP contribution is -2.37. The summed E-state index contributed by atoms with van der Waals surface area (Å²) in [5.74, 6) is 1.53. The molecule has 0 fully saturated rings. The van der Waals surface area contributed by atoms with E-state index in [1.807, 2.05) is 90.1 Å². The van der Waals surface area contributed by atoms with Gasteiger partial charge >= 0.3 is 0 Å². The highest BCUT2D eigenvalue weighted by Crippen LogP contribution is 2.25. The highest BCUT2D eigenvalue weighted by atomic mass is 16.5. The third-order valence-corrected chi connectivity index (χ3v) is 3.69. The van der Waals surface area contributed by atoms with Crippen LogP contribution in [0.5, 0.6) is 11.5 Å². The Morgan fingerprint density at radius 2 is 1.15 bits per heavy atom. The van der Waals surface area contributed by atoms with Crippen LogP contribution in [0.3, 0.4) is 0 Å². The Labute approximate surface area is 156 Å². The highest BCUT2D eigenvalue weighted by Gasteiger charge is 2.21. The second-order valence-corrected chi connectivity index (χ2v) is 7.12. The van der Waals surface area contributed by atoms with Crippen molar-refractivity contribution in [2.24, 2.45) is 0 Å². The van der Waals surface area contributed by atoms with Crippen LogP contribution in [0.25, 0.3) is 0 Å². The molecular formula is C22H29NO3. The van der Waals surface area contributed by atoms with Crippen molar-refractivity contribution in [2.45, 2.75) is 59.8 Å². The SMILES string of the molecule is CC(C)Oc1ccc(C(=O)N(c2ccc(OC(C)C)cc2)C(C)C)cc1. The van der Waals surface area contributed by atoms with Crippen molar-refractivity contribution >= 4 is 11.6 Å². The van der Waals surface area contributed by atoms with E-state index in [0.717, 1.165) is 17.2 Å². The van der Waals surface area contributed by atoms with Crippen molar-refractivity contribution in [3.8, 4) is 11.5 Å². The van der Waals surface area contributed by atoms with Gasteiger partial charge in [0.05, 0.1) is 12.2 Å². The molecule has 0 aromatic heterocycles. The number of carbonyl (C=O) groups is 1. The molecule has 0 saturated heterocycles. The molecule has 0 N–H and O–H groups in total. The molecule has 0 aliphatic heterocycles. The van der Waals surface area contributed by atoms with Crippen molar-refractivity contribution in [2.75, 3.05) is 4.90 Å². The van der Waals surface area contributed by atoms with Crippen molar-refractivity contribution in [3.63, 3.8) is 0 Å². The fraction of sp³-hybridized carbons (Fsp3) is 0.409. The number of hydrogen-bond acceptors (Lipinski definition) is 3. The zero-order valence-electron chi connectivity index (χ0n) is 16.5. The largest absolute Gasteiger partial charge is 0.491 e. The second kappa shape index (κ2) is 8.75. The van der Waals surface area contributed by atoms with Gasteiger partial charge in [0.1, 0.15) is 11.5 Å². The minimum absolute atomic E-state index is 0.0333. The van der Waals surface area contributed by atoms with Crippen LogP contribution in [0.1, 0.15) is 51.9 Å². The normalized spacial score (nSPS) is 11.1. The van der Waals surface area contributed by atoms with Crippen LogP contribution in [0, 0.1) is 0 Å². The maximum Gasteiger partial charge on any atom is 0.258 e. The summed E-state index contributed by atoms with van der Waals surface area (Å²) < 4.78 is 11.3. The van der Waals surface area contributed by atoms with E-state index in [1.165, 1.54) is 0 Å². The van der Waals surface area contributed by atoms with E-state index in [-0.39, 0.29) is 24.2 Å². The molecule has 0 spiro atoms. The quantitative estimate of drug-likeness (QED) is 0.675. The molecule has 0 saturated carbocycles. The summed E-state index contributed by atoms with van der Waals surface area (Å²) in [6, 6.07) is 15.0. The monoisotopic (exact) mass is 355 g/mol. The van der Waals surface area contributed by atoms with Gasteiger partial charge in [0, 0.05) is 17.3 Å². The molecule has 0 aliphatic carbocycles. The van der Waals surface area contributed by atoms with Gasteiger partial charge < -0.3 is 14.4 Å². The Kier molecular flexibility index (Phi) is 6.67. The Balaban J connectivity index is 2.22. The van der Waals surface area contributed by atoms with Gasteiger partial charge in [-0.1, -0.05) is 0 Å². The number of amides is 1. The molecule has 0 aliphatic rings. The Bertz CT molecular complexity index is 703. The lowest BCUT2D eigenvalue weighted by atomic mass is 10.1. The molecule has 0 atom stereocenters. The predicted molar refractivity (Wildman–Crippen MR) is 106 cm³/mol. The van der Waals surface area contributed by atoms with E-state index in [9.17, 15) is 4.79 Å². The van der Waals surface area contributed by atoms with Gasteiger partial charge in [0.15, 0.2) is 0 Å². The van der Waals surface area contributed by atoms with Crippen molar-refractivity contribution < 1.29 is 14.3 Å². The molecule has 2 rings (SSSR count). The van der Waals surface area contributed by atoms with E-state index in [0.29, 0.717) is 5.56 Å². The molecule has 1 amide bonds. The molecule has 2 aromatic rings. The van der Waals surface area contributed by atoms with Gasteiger partial charge in [-0.2, -0.15) is 0 Å². The van der Waals surface area contributed by atoms with Crippen LogP contribution >= 0.6 is 0 Å². The van der Waals surface area contributed by atoms with Gasteiger partial charge in [-0.3, -0.25) is 4.79 Å². The zero-order valence-corrected chi connectivity index (χ0v) is 16.5. The molecule has 0 unspecified atom stereocenters. The minimum atomic E-state index is -0.0337. The average molecular weight is 355 g/mol. The van der Waals surface area contributed by atoms with Crippen LogP contribution in [0.15, 0.2) is 48.5 Å². The van der Waals surface area contributed by atoms with Gasteiger partial charge in [-0.05, 0) is 90.1 Å². The van der Waals surface area contributed by atoms with Gasteiger partial charge in [0.2, 0.25) is 0 Å². The zero-order chi connectivity index (χ0) is 19.3. The third kappa shape index (κ3) is 5.25. The van der Waals surface area contributed by atoms with Gasteiger partial charge in [-0.25, -0.2) is 0 Å². The summed E-state index contributed by atoms with van der Waals surface area (Å²) in [4.78, 5) is 14.8.